The van der Waals surface area contributed by atoms with E-state index in [9.17, 15) is 4.79 Å². The Morgan fingerprint density at radius 2 is 1.36 bits per heavy atom. The number of allylic oxidation sites excluding steroid dienone is 1. The van der Waals surface area contributed by atoms with Crippen molar-refractivity contribution in [2.24, 2.45) is 5.73 Å². The Morgan fingerprint density at radius 1 is 0.800 bits per heavy atom. The van der Waals surface area contributed by atoms with Crippen LogP contribution in [-0.2, 0) is 0 Å². The van der Waals surface area contributed by atoms with Crippen molar-refractivity contribution >= 4 is 17.2 Å². The largest absolute Gasteiger partial charge is 0.371 e. The molecule has 2 aromatic rings. The summed E-state index contributed by atoms with van der Waals surface area (Å²) in [5, 5.41) is 0. The van der Waals surface area contributed by atoms with Crippen LogP contribution in [0.15, 0.2) is 54.6 Å². The van der Waals surface area contributed by atoms with Crippen molar-refractivity contribution in [1.29, 1.82) is 0 Å². The molecule has 1 amide bonds. The van der Waals surface area contributed by atoms with Gasteiger partial charge in [0, 0.05) is 24.4 Å². The second-order valence-corrected chi connectivity index (χ2v) is 6.68. The zero-order valence-corrected chi connectivity index (χ0v) is 14.9. The number of amides is 1. The van der Waals surface area contributed by atoms with E-state index in [1.807, 2.05) is 30.3 Å². The van der Waals surface area contributed by atoms with E-state index in [2.05, 4.69) is 36.1 Å². The molecule has 25 heavy (non-hydrogen) atoms. The summed E-state index contributed by atoms with van der Waals surface area (Å²) < 4.78 is 0. The van der Waals surface area contributed by atoms with Crippen molar-refractivity contribution < 1.29 is 4.79 Å². The third-order valence-corrected chi connectivity index (χ3v) is 4.93. The van der Waals surface area contributed by atoms with Crippen LogP contribution in [0.4, 0.5) is 0 Å². The zero-order chi connectivity index (χ0) is 17.6. The standard InChI is InChI=1S/C22H26N2O/c1-17(18-9-5-4-6-10-18)21(24-15-7-2-3-8-16-24)19-11-13-20(14-12-19)22(23)25/h4-6,9-14H,2-3,7-8,15-16H2,1H3,(H2,23,25). The number of carbonyl (C=O) groups is 1. The molecule has 0 aliphatic carbocycles. The molecule has 0 spiro atoms. The first kappa shape index (κ1) is 17.3. The van der Waals surface area contributed by atoms with Crippen molar-refractivity contribution in [3.05, 3.63) is 71.3 Å². The number of nitrogens with zero attached hydrogens (tertiary/aromatic N) is 1. The van der Waals surface area contributed by atoms with Crippen LogP contribution in [0.2, 0.25) is 0 Å². The molecule has 1 saturated heterocycles. The van der Waals surface area contributed by atoms with Gasteiger partial charge < -0.3 is 10.6 Å². The van der Waals surface area contributed by atoms with Crippen molar-refractivity contribution in [3.63, 3.8) is 0 Å². The Kier molecular flexibility index (Phi) is 5.54. The van der Waals surface area contributed by atoms with Gasteiger partial charge in [0.05, 0.1) is 0 Å². The molecule has 2 aromatic carbocycles. The molecule has 0 saturated carbocycles. The summed E-state index contributed by atoms with van der Waals surface area (Å²) >= 11 is 0. The maximum absolute atomic E-state index is 11.4. The second-order valence-electron chi connectivity index (χ2n) is 6.68. The van der Waals surface area contributed by atoms with E-state index in [-0.39, 0.29) is 5.91 Å². The maximum Gasteiger partial charge on any atom is 0.248 e. The molecular weight excluding hydrogens is 308 g/mol. The molecule has 3 rings (SSSR count). The minimum Gasteiger partial charge on any atom is -0.371 e. The van der Waals surface area contributed by atoms with Crippen molar-refractivity contribution in [1.82, 2.24) is 4.90 Å². The first-order valence-corrected chi connectivity index (χ1v) is 9.08. The summed E-state index contributed by atoms with van der Waals surface area (Å²) in [7, 11) is 0. The third-order valence-electron chi connectivity index (χ3n) is 4.93. The van der Waals surface area contributed by atoms with Crippen LogP contribution < -0.4 is 5.73 Å². The topological polar surface area (TPSA) is 46.3 Å². The van der Waals surface area contributed by atoms with Crippen LogP contribution in [0, 0.1) is 0 Å². The second kappa shape index (κ2) is 8.02. The number of rotatable bonds is 4. The summed E-state index contributed by atoms with van der Waals surface area (Å²) in [4.78, 5) is 13.9. The molecule has 1 aliphatic heterocycles. The van der Waals surface area contributed by atoms with Gasteiger partial charge in [0.15, 0.2) is 0 Å². The Balaban J connectivity index is 2.06. The lowest BCUT2D eigenvalue weighted by atomic mass is 9.98. The van der Waals surface area contributed by atoms with Crippen LogP contribution >= 0.6 is 0 Å². The minimum absolute atomic E-state index is 0.383. The fourth-order valence-corrected chi connectivity index (χ4v) is 3.55. The molecule has 1 aliphatic rings. The summed E-state index contributed by atoms with van der Waals surface area (Å²) in [5.74, 6) is -0.383. The highest BCUT2D eigenvalue weighted by Crippen LogP contribution is 2.31. The molecule has 1 fully saturated rings. The SMILES string of the molecule is CC(=C(c1ccc(C(N)=O)cc1)N1CCCCCC1)c1ccccc1. The lowest BCUT2D eigenvalue weighted by Crippen LogP contribution is -2.24. The third kappa shape index (κ3) is 4.11. The molecule has 3 heteroatoms. The molecule has 0 radical (unpaired) electrons. The van der Waals surface area contributed by atoms with E-state index in [1.165, 1.54) is 42.5 Å². The van der Waals surface area contributed by atoms with Gasteiger partial charge in [-0.05, 0) is 48.6 Å². The lowest BCUT2D eigenvalue weighted by Gasteiger charge is -2.28. The van der Waals surface area contributed by atoms with E-state index in [0.29, 0.717) is 5.56 Å². The highest BCUT2D eigenvalue weighted by atomic mass is 16.1. The molecule has 0 unspecified atom stereocenters. The Bertz CT molecular complexity index is 739. The monoisotopic (exact) mass is 334 g/mol. The minimum atomic E-state index is -0.383. The number of hydrogen-bond donors (Lipinski definition) is 1. The van der Waals surface area contributed by atoms with E-state index >= 15 is 0 Å². The first-order chi connectivity index (χ1) is 12.2. The molecule has 2 N–H and O–H groups in total. The molecule has 1 heterocycles. The predicted molar refractivity (Wildman–Crippen MR) is 104 cm³/mol. The van der Waals surface area contributed by atoms with Gasteiger partial charge in [-0.3, -0.25) is 4.79 Å². The molecule has 0 atom stereocenters. The van der Waals surface area contributed by atoms with Gasteiger partial charge in [0.2, 0.25) is 5.91 Å². The smallest absolute Gasteiger partial charge is 0.248 e. The maximum atomic E-state index is 11.4. The molecule has 0 aromatic heterocycles. The van der Waals surface area contributed by atoms with Crippen molar-refractivity contribution in [2.75, 3.05) is 13.1 Å². The van der Waals surface area contributed by atoms with Gasteiger partial charge >= 0.3 is 0 Å². The zero-order valence-electron chi connectivity index (χ0n) is 14.9. The lowest BCUT2D eigenvalue weighted by molar-refractivity contribution is 0.100. The van der Waals surface area contributed by atoms with Crippen LogP contribution in [-0.4, -0.2) is 23.9 Å². The van der Waals surface area contributed by atoms with Gasteiger partial charge in [-0.15, -0.1) is 0 Å². The number of benzene rings is 2. The summed E-state index contributed by atoms with van der Waals surface area (Å²) in [6, 6.07) is 18.2. The van der Waals surface area contributed by atoms with Crippen LogP contribution in [0.25, 0.3) is 11.3 Å². The average molecular weight is 334 g/mol. The molecule has 3 nitrogen and oxygen atoms in total. The Hall–Kier alpha value is -2.55. The first-order valence-electron chi connectivity index (χ1n) is 9.08. The number of likely N-dealkylation sites (tertiary alicyclic amines) is 1. The fourth-order valence-electron chi connectivity index (χ4n) is 3.55. The number of primary amides is 1. The Labute approximate surface area is 150 Å². The number of hydrogen-bond acceptors (Lipinski definition) is 2. The number of carbonyl (C=O) groups excluding carboxylic acids is 1. The highest BCUT2D eigenvalue weighted by molar-refractivity contribution is 5.94. The van der Waals surface area contributed by atoms with Gasteiger partial charge in [0.25, 0.3) is 0 Å². The fraction of sp³-hybridized carbons (Fsp3) is 0.318. The van der Waals surface area contributed by atoms with Crippen LogP contribution in [0.1, 0.15) is 54.1 Å². The molecule has 130 valence electrons. The van der Waals surface area contributed by atoms with Gasteiger partial charge in [-0.1, -0.05) is 55.3 Å². The van der Waals surface area contributed by atoms with E-state index in [1.54, 1.807) is 0 Å². The quantitative estimate of drug-likeness (QED) is 0.834. The van der Waals surface area contributed by atoms with Gasteiger partial charge in [0.1, 0.15) is 0 Å². The Morgan fingerprint density at radius 3 is 1.92 bits per heavy atom. The summed E-state index contributed by atoms with van der Waals surface area (Å²) in [5.41, 5.74) is 10.9. The molecular formula is C22H26N2O. The van der Waals surface area contributed by atoms with Gasteiger partial charge in [-0.2, -0.15) is 0 Å². The highest BCUT2D eigenvalue weighted by Gasteiger charge is 2.18. The van der Waals surface area contributed by atoms with Gasteiger partial charge in [-0.25, -0.2) is 0 Å². The van der Waals surface area contributed by atoms with Crippen LogP contribution in [0.5, 0.6) is 0 Å². The summed E-state index contributed by atoms with van der Waals surface area (Å²) in [6.45, 7) is 4.35. The summed E-state index contributed by atoms with van der Waals surface area (Å²) in [6.07, 6.45) is 5.05. The average Bonchev–Trinajstić information content (AvgIpc) is 2.92. The van der Waals surface area contributed by atoms with Crippen molar-refractivity contribution in [2.45, 2.75) is 32.6 Å². The normalized spacial score (nSPS) is 16.1. The van der Waals surface area contributed by atoms with E-state index in [0.717, 1.165) is 18.7 Å². The van der Waals surface area contributed by atoms with Crippen LogP contribution in [0.3, 0.4) is 0 Å². The van der Waals surface area contributed by atoms with E-state index in [4.69, 9.17) is 5.73 Å². The van der Waals surface area contributed by atoms with E-state index < -0.39 is 0 Å². The van der Waals surface area contributed by atoms with Crippen molar-refractivity contribution in [3.8, 4) is 0 Å². The molecule has 0 bridgehead atoms. The predicted octanol–water partition coefficient (Wildman–Crippen LogP) is 4.55. The number of nitrogens with two attached hydrogens (primary N) is 1.